The van der Waals surface area contributed by atoms with Gasteiger partial charge in [0.05, 0.1) is 4.90 Å². The van der Waals surface area contributed by atoms with Crippen LogP contribution in [0.25, 0.3) is 0 Å². The van der Waals surface area contributed by atoms with E-state index in [4.69, 9.17) is 5.73 Å². The molecule has 3 N–H and O–H groups in total. The first kappa shape index (κ1) is 22.8. The van der Waals surface area contributed by atoms with Gasteiger partial charge in [0.2, 0.25) is 15.9 Å². The number of carbonyl (C=O) groups is 1. The number of halogens is 2. The lowest BCUT2D eigenvalue weighted by Gasteiger charge is -2.24. The Bertz CT molecular complexity index is 636. The third kappa shape index (κ3) is 6.72. The van der Waals surface area contributed by atoms with Crippen molar-refractivity contribution >= 4 is 28.3 Å². The smallest absolute Gasteiger partial charge is 0.242 e. The number of rotatable bonds is 8. The maximum Gasteiger partial charge on any atom is 0.242 e. The van der Waals surface area contributed by atoms with Gasteiger partial charge in [0, 0.05) is 32.1 Å². The van der Waals surface area contributed by atoms with Gasteiger partial charge in [-0.3, -0.25) is 4.79 Å². The largest absolute Gasteiger partial charge is 0.350 e. The number of carbonyl (C=O) groups excluding carboxylic acids is 1. The molecule has 0 unspecified atom stereocenters. The number of nitrogens with one attached hydrogen (secondary N) is 1. The Labute approximate surface area is 149 Å². The molecule has 1 aromatic carbocycles. The molecule has 6 nitrogen and oxygen atoms in total. The van der Waals surface area contributed by atoms with Crippen LogP contribution in [0, 0.1) is 5.82 Å². The van der Waals surface area contributed by atoms with Gasteiger partial charge in [0.15, 0.2) is 0 Å². The summed E-state index contributed by atoms with van der Waals surface area (Å²) in [5, 5.41) is 2.78. The highest BCUT2D eigenvalue weighted by Crippen LogP contribution is 2.15. The molecule has 1 rings (SSSR count). The van der Waals surface area contributed by atoms with Crippen LogP contribution in [0.4, 0.5) is 4.39 Å². The zero-order valence-corrected chi connectivity index (χ0v) is 15.7. The quantitative estimate of drug-likeness (QED) is 0.713. The van der Waals surface area contributed by atoms with Crippen LogP contribution in [0.2, 0.25) is 0 Å². The van der Waals surface area contributed by atoms with Gasteiger partial charge in [-0.25, -0.2) is 17.1 Å². The van der Waals surface area contributed by atoms with E-state index in [9.17, 15) is 17.6 Å². The Hall–Kier alpha value is -1.22. The fraction of sp³-hybridized carbons (Fsp3) is 0.533. The second-order valence-corrected chi connectivity index (χ2v) is 8.07. The normalized spacial score (nSPS) is 11.9. The van der Waals surface area contributed by atoms with Gasteiger partial charge in [-0.05, 0) is 44.5 Å². The molecular weight excluding hydrogens is 357 g/mol. The van der Waals surface area contributed by atoms with Crippen molar-refractivity contribution in [1.82, 2.24) is 9.62 Å². The lowest BCUT2D eigenvalue weighted by Crippen LogP contribution is -2.48. The molecule has 0 atom stereocenters. The lowest BCUT2D eigenvalue weighted by molar-refractivity contribution is -0.122. The minimum Gasteiger partial charge on any atom is -0.350 e. The average molecular weight is 382 g/mol. The van der Waals surface area contributed by atoms with Crippen LogP contribution in [0.5, 0.6) is 0 Å². The molecule has 0 fully saturated rings. The summed E-state index contributed by atoms with van der Waals surface area (Å²) >= 11 is 0. The first-order valence-electron chi connectivity index (χ1n) is 7.31. The summed E-state index contributed by atoms with van der Waals surface area (Å²) in [4.78, 5) is 11.8. The number of benzene rings is 1. The van der Waals surface area contributed by atoms with Crippen molar-refractivity contribution in [3.8, 4) is 0 Å². The Morgan fingerprint density at radius 2 is 1.83 bits per heavy atom. The Kier molecular flexibility index (Phi) is 8.84. The molecule has 0 saturated carbocycles. The van der Waals surface area contributed by atoms with Crippen LogP contribution < -0.4 is 11.1 Å². The number of sulfonamides is 1. The van der Waals surface area contributed by atoms with Gasteiger partial charge in [-0.2, -0.15) is 0 Å². The number of hydrogen-bond donors (Lipinski definition) is 2. The molecule has 1 aromatic rings. The molecule has 0 aromatic heterocycles. The van der Waals surface area contributed by atoms with Crippen LogP contribution in [0.1, 0.15) is 26.7 Å². The minimum absolute atomic E-state index is 0. The highest BCUT2D eigenvalue weighted by molar-refractivity contribution is 7.89. The van der Waals surface area contributed by atoms with E-state index in [1.807, 2.05) is 13.8 Å². The standard InChI is InChI=1S/C15H24FN3O3S.ClH/c1-15(2,11-17)18-14(20)5-4-10-19(3)23(21,22)13-8-6-12(16)7-9-13;/h6-9H,4-5,10-11,17H2,1-3H3,(H,18,20);1H. The zero-order valence-electron chi connectivity index (χ0n) is 14.1. The van der Waals surface area contributed by atoms with E-state index in [0.29, 0.717) is 13.0 Å². The summed E-state index contributed by atoms with van der Waals surface area (Å²) in [6.45, 7) is 4.14. The molecule has 0 aliphatic carbocycles. The molecule has 0 saturated heterocycles. The van der Waals surface area contributed by atoms with Crippen molar-refractivity contribution in [2.45, 2.75) is 37.1 Å². The fourth-order valence-electron chi connectivity index (χ4n) is 1.86. The van der Waals surface area contributed by atoms with Crippen LogP contribution in [0.15, 0.2) is 29.2 Å². The second-order valence-electron chi connectivity index (χ2n) is 6.02. The molecule has 0 aliphatic rings. The number of hydrogen-bond acceptors (Lipinski definition) is 4. The van der Waals surface area contributed by atoms with Gasteiger partial charge in [-0.1, -0.05) is 0 Å². The number of nitrogens with two attached hydrogens (primary N) is 1. The summed E-state index contributed by atoms with van der Waals surface area (Å²) < 4.78 is 38.6. The summed E-state index contributed by atoms with van der Waals surface area (Å²) in [6, 6.07) is 4.64. The van der Waals surface area contributed by atoms with E-state index < -0.39 is 21.4 Å². The predicted octanol–water partition coefficient (Wildman–Crippen LogP) is 1.50. The average Bonchev–Trinajstić information content (AvgIpc) is 2.47. The van der Waals surface area contributed by atoms with Crippen LogP contribution >= 0.6 is 12.4 Å². The van der Waals surface area contributed by atoms with E-state index in [-0.39, 0.29) is 36.2 Å². The SMILES string of the molecule is CN(CCCC(=O)NC(C)(C)CN)S(=O)(=O)c1ccc(F)cc1.Cl. The topological polar surface area (TPSA) is 92.5 Å². The number of amides is 1. The second kappa shape index (κ2) is 9.31. The third-order valence-electron chi connectivity index (χ3n) is 3.39. The van der Waals surface area contributed by atoms with E-state index in [1.54, 1.807) is 0 Å². The van der Waals surface area contributed by atoms with E-state index in [1.165, 1.54) is 19.2 Å². The van der Waals surface area contributed by atoms with Gasteiger partial charge >= 0.3 is 0 Å². The zero-order chi connectivity index (χ0) is 17.7. The first-order chi connectivity index (χ1) is 10.6. The van der Waals surface area contributed by atoms with Gasteiger partial charge in [0.1, 0.15) is 5.82 Å². The molecule has 0 spiro atoms. The molecule has 24 heavy (non-hydrogen) atoms. The molecule has 1 amide bonds. The minimum atomic E-state index is -3.68. The Balaban J connectivity index is 0.00000529. The molecule has 9 heteroatoms. The predicted molar refractivity (Wildman–Crippen MR) is 94.0 cm³/mol. The van der Waals surface area contributed by atoms with E-state index >= 15 is 0 Å². The summed E-state index contributed by atoms with van der Waals surface area (Å²) in [7, 11) is -2.25. The van der Waals surface area contributed by atoms with Crippen molar-refractivity contribution in [1.29, 1.82) is 0 Å². The molecule has 0 aliphatic heterocycles. The van der Waals surface area contributed by atoms with E-state index in [2.05, 4.69) is 5.32 Å². The van der Waals surface area contributed by atoms with Crippen molar-refractivity contribution in [3.05, 3.63) is 30.1 Å². The molecule has 0 bridgehead atoms. The molecular formula is C15H25ClFN3O3S. The molecule has 138 valence electrons. The van der Waals surface area contributed by atoms with Gasteiger partial charge in [-0.15, -0.1) is 12.4 Å². The van der Waals surface area contributed by atoms with Crippen molar-refractivity contribution in [2.24, 2.45) is 5.73 Å². The Morgan fingerprint density at radius 3 is 2.33 bits per heavy atom. The van der Waals surface area contributed by atoms with Crippen LogP contribution in [-0.4, -0.2) is 44.3 Å². The maximum absolute atomic E-state index is 12.9. The molecule has 0 heterocycles. The highest BCUT2D eigenvalue weighted by Gasteiger charge is 2.21. The summed E-state index contributed by atoms with van der Waals surface area (Å²) in [5.41, 5.74) is 5.05. The van der Waals surface area contributed by atoms with E-state index in [0.717, 1.165) is 16.4 Å². The van der Waals surface area contributed by atoms with Crippen molar-refractivity contribution < 1.29 is 17.6 Å². The first-order valence-corrected chi connectivity index (χ1v) is 8.75. The highest BCUT2D eigenvalue weighted by atomic mass is 35.5. The summed E-state index contributed by atoms with van der Waals surface area (Å²) in [5.74, 6) is -0.668. The van der Waals surface area contributed by atoms with Crippen molar-refractivity contribution in [3.63, 3.8) is 0 Å². The van der Waals surface area contributed by atoms with Crippen LogP contribution in [0.3, 0.4) is 0 Å². The number of nitrogens with zero attached hydrogens (tertiary/aromatic N) is 1. The van der Waals surface area contributed by atoms with Crippen molar-refractivity contribution in [2.75, 3.05) is 20.1 Å². The Morgan fingerprint density at radius 1 is 1.29 bits per heavy atom. The lowest BCUT2D eigenvalue weighted by atomic mass is 10.1. The van der Waals surface area contributed by atoms with Crippen LogP contribution in [-0.2, 0) is 14.8 Å². The summed E-state index contributed by atoms with van der Waals surface area (Å²) in [6.07, 6.45) is 0.579. The maximum atomic E-state index is 12.9. The monoisotopic (exact) mass is 381 g/mol. The van der Waals surface area contributed by atoms with Gasteiger partial charge < -0.3 is 11.1 Å². The fourth-order valence-corrected chi connectivity index (χ4v) is 3.07. The third-order valence-corrected chi connectivity index (χ3v) is 5.26. The molecule has 0 radical (unpaired) electrons. The van der Waals surface area contributed by atoms with Gasteiger partial charge in [0.25, 0.3) is 0 Å².